The summed E-state index contributed by atoms with van der Waals surface area (Å²) < 4.78 is 0. The molecule has 0 aliphatic carbocycles. The molecule has 0 amide bonds. The fraction of sp³-hybridized carbons (Fsp3) is 0. The van der Waals surface area contributed by atoms with Gasteiger partial charge >= 0.3 is 0 Å². The van der Waals surface area contributed by atoms with Crippen LogP contribution in [0.25, 0.3) is 0 Å². The van der Waals surface area contributed by atoms with E-state index in [1.165, 1.54) is 0 Å². The summed E-state index contributed by atoms with van der Waals surface area (Å²) >= 11 is 0. The van der Waals surface area contributed by atoms with Crippen molar-refractivity contribution < 1.29 is 19.6 Å². The van der Waals surface area contributed by atoms with Crippen molar-refractivity contribution in [3.05, 3.63) is 0 Å². The minimum atomic E-state index is -3.04. The summed E-state index contributed by atoms with van der Waals surface area (Å²) in [7, 11) is -6.08. The highest BCUT2D eigenvalue weighted by molar-refractivity contribution is 8.13. The van der Waals surface area contributed by atoms with Crippen LogP contribution in [0.5, 0.6) is 0 Å². The number of hydrogen-bond donors (Lipinski definition) is 4. The Hall–Kier alpha value is 0.440. The molecule has 0 fully saturated rings. The summed E-state index contributed by atoms with van der Waals surface area (Å²) in [5.74, 6) is 0. The molecule has 0 aromatic heterocycles. The molecule has 1 aliphatic heterocycles. The highest BCUT2D eigenvalue weighted by Gasteiger charge is 2.25. The summed E-state index contributed by atoms with van der Waals surface area (Å²) in [5, 5.41) is 0. The van der Waals surface area contributed by atoms with Gasteiger partial charge in [-0.15, -0.1) is 0 Å². The summed E-state index contributed by atoms with van der Waals surface area (Å²) in [6.07, 6.45) is 0. The van der Waals surface area contributed by atoms with Crippen LogP contribution in [0, 0.1) is 0 Å². The van der Waals surface area contributed by atoms with Gasteiger partial charge in [0, 0.05) is 11.1 Å². The lowest BCUT2D eigenvalue weighted by atomic mass is 11.9. The van der Waals surface area contributed by atoms with Gasteiger partial charge in [-0.05, 0) is 0 Å². The summed E-state index contributed by atoms with van der Waals surface area (Å²) in [4.78, 5) is 34.0. The first kappa shape index (κ1) is 6.56. The van der Waals surface area contributed by atoms with E-state index in [9.17, 15) is 0 Å². The molecule has 1 aliphatic rings. The van der Waals surface area contributed by atoms with E-state index in [1.807, 2.05) is 0 Å². The molecule has 1 rings (SSSR count). The second kappa shape index (κ2) is 1.48. The third-order valence-electron chi connectivity index (χ3n) is 0.680. The molecule has 0 bridgehead atoms. The van der Waals surface area contributed by atoms with Gasteiger partial charge in [0.1, 0.15) is 0 Å². The lowest BCUT2D eigenvalue weighted by Gasteiger charge is -2.21. The predicted octanol–water partition coefficient (Wildman–Crippen LogP) is -0.816. The lowest BCUT2D eigenvalue weighted by molar-refractivity contribution is 0.482. The number of hydrogen-bond acceptors (Lipinski definition) is 4. The first-order valence-electron chi connectivity index (χ1n) is 1.83. The first-order chi connectivity index (χ1) is 3.41. The Kier molecular flexibility index (Phi) is 1.21. The third kappa shape index (κ3) is 1.23. The zero-order chi connectivity index (χ0) is 6.41. The van der Waals surface area contributed by atoms with Crippen LogP contribution in [0.4, 0.5) is 0 Å². The van der Waals surface area contributed by atoms with Gasteiger partial charge in [0.15, 0.2) is 14.7 Å². The summed E-state index contributed by atoms with van der Waals surface area (Å²) in [6, 6.07) is 0. The Morgan fingerprint density at radius 3 is 1.00 bits per heavy atom. The van der Waals surface area contributed by atoms with Gasteiger partial charge in [-0.25, -0.2) is 0 Å². The molecule has 0 radical (unpaired) electrons. The van der Waals surface area contributed by atoms with Crippen molar-refractivity contribution >= 4 is 25.8 Å². The monoisotopic (exact) mass is 156 g/mol. The van der Waals surface area contributed by atoms with Crippen LogP contribution in [0.1, 0.15) is 0 Å². The van der Waals surface area contributed by atoms with Crippen molar-refractivity contribution in [3.63, 3.8) is 0 Å². The minimum Gasteiger partial charge on any atom is -0.350 e. The standard InChI is InChI=1S/C2H6O4P2/c3-7(4)1-8(5,6)2-7/h1-6H. The highest BCUT2D eigenvalue weighted by atomic mass is 31.3. The third-order valence-corrected chi connectivity index (χ3v) is 6.12. The minimum absolute atomic E-state index is 0.819. The van der Waals surface area contributed by atoms with E-state index in [0.29, 0.717) is 0 Å². The van der Waals surface area contributed by atoms with Gasteiger partial charge in [-0.3, -0.25) is 0 Å². The average Bonchev–Trinajstić information content (AvgIpc) is 1.20. The Bertz CT molecular complexity index is 169. The fourth-order valence-electron chi connectivity index (χ4n) is 0.490. The van der Waals surface area contributed by atoms with Gasteiger partial charge in [0.05, 0.1) is 0 Å². The van der Waals surface area contributed by atoms with Gasteiger partial charge in [0.2, 0.25) is 0 Å². The van der Waals surface area contributed by atoms with E-state index in [1.54, 1.807) is 0 Å². The zero-order valence-corrected chi connectivity index (χ0v) is 5.63. The maximum Gasteiger partial charge on any atom is 0.151 e. The van der Waals surface area contributed by atoms with Crippen LogP contribution < -0.4 is 0 Å². The normalized spacial score (nSPS) is 29.5. The van der Waals surface area contributed by atoms with E-state index in [-0.39, 0.29) is 0 Å². The van der Waals surface area contributed by atoms with E-state index in [2.05, 4.69) is 0 Å². The molecule has 4 nitrogen and oxygen atoms in total. The molecule has 6 heteroatoms. The molecule has 0 unspecified atom stereocenters. The van der Waals surface area contributed by atoms with Crippen molar-refractivity contribution in [2.45, 2.75) is 0 Å². The van der Waals surface area contributed by atoms with E-state index in [0.717, 1.165) is 11.1 Å². The van der Waals surface area contributed by atoms with Crippen LogP contribution in [-0.4, -0.2) is 30.6 Å². The second-order valence-electron chi connectivity index (χ2n) is 1.63. The summed E-state index contributed by atoms with van der Waals surface area (Å²) in [5.41, 5.74) is 1.64. The van der Waals surface area contributed by atoms with Gasteiger partial charge in [-0.1, -0.05) is 0 Å². The Balaban J connectivity index is 2.86. The molecule has 0 spiro atoms. The van der Waals surface area contributed by atoms with Crippen LogP contribution in [0.2, 0.25) is 0 Å². The predicted molar refractivity (Wildman–Crippen MR) is 34.8 cm³/mol. The molecule has 48 valence electrons. The van der Waals surface area contributed by atoms with Crippen molar-refractivity contribution in [1.29, 1.82) is 0 Å². The molecular formula is C2H6O4P2. The molecule has 0 atom stereocenters. The van der Waals surface area contributed by atoms with E-state index < -0.39 is 14.7 Å². The van der Waals surface area contributed by atoms with Crippen LogP contribution in [-0.2, 0) is 0 Å². The molecule has 8 heavy (non-hydrogen) atoms. The molecule has 0 saturated carbocycles. The Morgan fingerprint density at radius 2 is 1.00 bits per heavy atom. The Labute approximate surface area is 46.3 Å². The van der Waals surface area contributed by atoms with E-state index in [4.69, 9.17) is 19.6 Å². The SMILES string of the molecule is OP1(O)=CP(O)(O)=C1. The maximum atomic E-state index is 8.51. The van der Waals surface area contributed by atoms with Crippen LogP contribution in [0.3, 0.4) is 0 Å². The topological polar surface area (TPSA) is 80.9 Å². The molecule has 0 aromatic carbocycles. The highest BCUT2D eigenvalue weighted by Crippen LogP contribution is 2.58. The number of rotatable bonds is 0. The van der Waals surface area contributed by atoms with Gasteiger partial charge in [0.25, 0.3) is 0 Å². The maximum absolute atomic E-state index is 8.51. The molecule has 4 N–H and O–H groups in total. The van der Waals surface area contributed by atoms with Crippen molar-refractivity contribution in [3.8, 4) is 0 Å². The van der Waals surface area contributed by atoms with E-state index >= 15 is 0 Å². The zero-order valence-electron chi connectivity index (χ0n) is 3.84. The van der Waals surface area contributed by atoms with Crippen LogP contribution >= 0.6 is 14.7 Å². The second-order valence-corrected chi connectivity index (χ2v) is 6.28. The largest absolute Gasteiger partial charge is 0.350 e. The van der Waals surface area contributed by atoms with Crippen LogP contribution in [0.15, 0.2) is 0 Å². The smallest absolute Gasteiger partial charge is 0.151 e. The van der Waals surface area contributed by atoms with Crippen molar-refractivity contribution in [1.82, 2.24) is 0 Å². The molecule has 1 heterocycles. The average molecular weight is 156 g/mol. The van der Waals surface area contributed by atoms with Gasteiger partial charge < -0.3 is 19.6 Å². The molecule has 0 aromatic rings. The van der Waals surface area contributed by atoms with Crippen molar-refractivity contribution in [2.24, 2.45) is 0 Å². The quantitative estimate of drug-likeness (QED) is 0.345. The fourth-order valence-corrected chi connectivity index (χ4v) is 4.41. The van der Waals surface area contributed by atoms with Crippen molar-refractivity contribution in [2.75, 3.05) is 0 Å². The Morgan fingerprint density at radius 1 is 0.750 bits per heavy atom. The molecule has 0 saturated heterocycles. The molecular weight excluding hydrogens is 150 g/mol. The lowest BCUT2D eigenvalue weighted by Crippen LogP contribution is -2.00. The summed E-state index contributed by atoms with van der Waals surface area (Å²) in [6.45, 7) is 0. The first-order valence-corrected chi connectivity index (χ1v) is 5.50. The van der Waals surface area contributed by atoms with Gasteiger partial charge in [-0.2, -0.15) is 0 Å².